The van der Waals surface area contributed by atoms with Crippen molar-refractivity contribution in [2.75, 3.05) is 12.3 Å². The summed E-state index contributed by atoms with van der Waals surface area (Å²) in [7, 11) is 0. The van der Waals surface area contributed by atoms with Crippen molar-refractivity contribution in [3.63, 3.8) is 0 Å². The van der Waals surface area contributed by atoms with Gasteiger partial charge in [0.15, 0.2) is 0 Å². The second kappa shape index (κ2) is 7.71. The van der Waals surface area contributed by atoms with E-state index >= 15 is 0 Å². The van der Waals surface area contributed by atoms with Gasteiger partial charge in [0.05, 0.1) is 0 Å². The van der Waals surface area contributed by atoms with Crippen LogP contribution in [0.3, 0.4) is 0 Å². The van der Waals surface area contributed by atoms with Gasteiger partial charge in [-0.2, -0.15) is 0 Å². The lowest BCUT2D eigenvalue weighted by atomic mass is 10.2. The normalized spacial score (nSPS) is 12.7. The number of hydrogen-bond acceptors (Lipinski definition) is 3. The van der Waals surface area contributed by atoms with Crippen LogP contribution in [0.1, 0.15) is 26.7 Å². The van der Waals surface area contributed by atoms with E-state index < -0.39 is 0 Å². The zero-order valence-corrected chi connectivity index (χ0v) is 10.4. The minimum absolute atomic E-state index is 0.624. The molecule has 0 saturated heterocycles. The average molecular weight is 224 g/mol. The van der Waals surface area contributed by atoms with E-state index in [1.54, 1.807) is 0 Å². The number of rotatable bonds is 7. The summed E-state index contributed by atoms with van der Waals surface area (Å²) in [6, 6.07) is 4.75. The highest BCUT2D eigenvalue weighted by Gasteiger charge is 2.00. The van der Waals surface area contributed by atoms with Gasteiger partial charge in [0, 0.05) is 23.3 Å². The molecule has 1 aromatic rings. The van der Waals surface area contributed by atoms with Crippen LogP contribution in [0.2, 0.25) is 0 Å². The van der Waals surface area contributed by atoms with E-state index in [-0.39, 0.29) is 0 Å². The summed E-state index contributed by atoms with van der Waals surface area (Å²) in [6.07, 6.45) is 6.12. The Kier molecular flexibility index (Phi) is 6.44. The SMILES string of the molecule is CCCNC(C)CCSc1ccncc1. The Morgan fingerprint density at radius 2 is 2.13 bits per heavy atom. The number of pyridine rings is 1. The summed E-state index contributed by atoms with van der Waals surface area (Å²) in [4.78, 5) is 5.32. The molecular weight excluding hydrogens is 204 g/mol. The molecule has 1 atom stereocenters. The van der Waals surface area contributed by atoms with Crippen molar-refractivity contribution in [2.45, 2.75) is 37.6 Å². The molecule has 3 heteroatoms. The fourth-order valence-corrected chi connectivity index (χ4v) is 2.30. The van der Waals surface area contributed by atoms with Crippen LogP contribution in [-0.2, 0) is 0 Å². The zero-order chi connectivity index (χ0) is 10.9. The summed E-state index contributed by atoms with van der Waals surface area (Å²) in [5, 5.41) is 3.49. The Hall–Kier alpha value is -0.540. The van der Waals surface area contributed by atoms with Crippen molar-refractivity contribution in [1.29, 1.82) is 0 Å². The molecule has 84 valence electrons. The van der Waals surface area contributed by atoms with Crippen molar-refractivity contribution < 1.29 is 0 Å². The van der Waals surface area contributed by atoms with Crippen molar-refractivity contribution in [3.05, 3.63) is 24.5 Å². The molecule has 0 fully saturated rings. The molecule has 15 heavy (non-hydrogen) atoms. The monoisotopic (exact) mass is 224 g/mol. The predicted molar refractivity (Wildman–Crippen MR) is 67.3 cm³/mol. The predicted octanol–water partition coefficient (Wildman–Crippen LogP) is 2.95. The van der Waals surface area contributed by atoms with Crippen molar-refractivity contribution in [2.24, 2.45) is 0 Å². The van der Waals surface area contributed by atoms with Crippen molar-refractivity contribution >= 4 is 11.8 Å². The van der Waals surface area contributed by atoms with Gasteiger partial charge < -0.3 is 5.32 Å². The van der Waals surface area contributed by atoms with E-state index in [4.69, 9.17) is 0 Å². The molecule has 0 radical (unpaired) electrons. The topological polar surface area (TPSA) is 24.9 Å². The number of thioether (sulfide) groups is 1. The largest absolute Gasteiger partial charge is 0.314 e. The number of nitrogens with one attached hydrogen (secondary N) is 1. The van der Waals surface area contributed by atoms with E-state index in [1.807, 2.05) is 24.2 Å². The molecule has 0 aliphatic heterocycles. The number of hydrogen-bond donors (Lipinski definition) is 1. The first-order chi connectivity index (χ1) is 7.33. The molecule has 0 aliphatic rings. The van der Waals surface area contributed by atoms with Crippen LogP contribution in [-0.4, -0.2) is 23.3 Å². The second-order valence-corrected chi connectivity index (χ2v) is 4.84. The number of aromatic nitrogens is 1. The summed E-state index contributed by atoms with van der Waals surface area (Å²) >= 11 is 1.90. The van der Waals surface area contributed by atoms with Crippen molar-refractivity contribution in [1.82, 2.24) is 10.3 Å². The molecule has 0 spiro atoms. The molecule has 0 aliphatic carbocycles. The highest BCUT2D eigenvalue weighted by molar-refractivity contribution is 7.99. The maximum atomic E-state index is 4.00. The average Bonchev–Trinajstić information content (AvgIpc) is 2.28. The van der Waals surface area contributed by atoms with E-state index in [1.165, 1.54) is 23.5 Å². The molecule has 1 unspecified atom stereocenters. The maximum absolute atomic E-state index is 4.00. The van der Waals surface area contributed by atoms with Gasteiger partial charge in [-0.3, -0.25) is 4.98 Å². The Morgan fingerprint density at radius 1 is 1.40 bits per heavy atom. The van der Waals surface area contributed by atoms with Gasteiger partial charge in [-0.25, -0.2) is 0 Å². The van der Waals surface area contributed by atoms with Gasteiger partial charge in [0.1, 0.15) is 0 Å². The Balaban J connectivity index is 2.11. The first-order valence-corrected chi connectivity index (χ1v) is 6.57. The molecular formula is C12H20N2S. The van der Waals surface area contributed by atoms with Crippen LogP contribution in [0, 0.1) is 0 Å². The molecule has 1 heterocycles. The van der Waals surface area contributed by atoms with Gasteiger partial charge >= 0.3 is 0 Å². The second-order valence-electron chi connectivity index (χ2n) is 3.68. The van der Waals surface area contributed by atoms with Crippen LogP contribution in [0.15, 0.2) is 29.4 Å². The van der Waals surface area contributed by atoms with Gasteiger partial charge in [-0.05, 0) is 44.2 Å². The summed E-state index contributed by atoms with van der Waals surface area (Å²) in [5.74, 6) is 1.17. The highest BCUT2D eigenvalue weighted by atomic mass is 32.2. The summed E-state index contributed by atoms with van der Waals surface area (Å²) in [5.41, 5.74) is 0. The molecule has 1 rings (SSSR count). The summed E-state index contributed by atoms with van der Waals surface area (Å²) < 4.78 is 0. The minimum Gasteiger partial charge on any atom is -0.314 e. The Bertz CT molecular complexity index is 251. The van der Waals surface area contributed by atoms with E-state index in [2.05, 4.69) is 36.3 Å². The minimum atomic E-state index is 0.624. The molecule has 1 N–H and O–H groups in total. The first-order valence-electron chi connectivity index (χ1n) is 5.59. The molecule has 0 aromatic carbocycles. The lowest BCUT2D eigenvalue weighted by Gasteiger charge is -2.12. The van der Waals surface area contributed by atoms with Crippen LogP contribution in [0.25, 0.3) is 0 Å². The standard InChI is InChI=1S/C12H20N2S/c1-3-7-14-11(2)6-10-15-12-4-8-13-9-5-12/h4-5,8-9,11,14H,3,6-7,10H2,1-2H3. The quantitative estimate of drug-likeness (QED) is 0.721. The van der Waals surface area contributed by atoms with E-state index in [9.17, 15) is 0 Å². The third kappa shape index (κ3) is 5.80. The molecule has 0 amide bonds. The maximum Gasteiger partial charge on any atom is 0.0278 e. The van der Waals surface area contributed by atoms with Gasteiger partial charge in [-0.15, -0.1) is 11.8 Å². The van der Waals surface area contributed by atoms with Crippen molar-refractivity contribution in [3.8, 4) is 0 Å². The first kappa shape index (κ1) is 12.5. The molecule has 2 nitrogen and oxygen atoms in total. The molecule has 0 bridgehead atoms. The molecule has 1 aromatic heterocycles. The summed E-state index contributed by atoms with van der Waals surface area (Å²) in [6.45, 7) is 5.58. The molecule has 0 saturated carbocycles. The van der Waals surface area contributed by atoms with E-state index in [0.29, 0.717) is 6.04 Å². The Labute approximate surface area is 96.9 Å². The zero-order valence-electron chi connectivity index (χ0n) is 9.57. The lowest BCUT2D eigenvalue weighted by molar-refractivity contribution is 0.536. The van der Waals surface area contributed by atoms with Crippen LogP contribution >= 0.6 is 11.8 Å². The van der Waals surface area contributed by atoms with Crippen LogP contribution < -0.4 is 5.32 Å². The third-order valence-corrected chi connectivity index (χ3v) is 3.26. The Morgan fingerprint density at radius 3 is 2.80 bits per heavy atom. The van der Waals surface area contributed by atoms with Gasteiger partial charge in [-0.1, -0.05) is 6.92 Å². The van der Waals surface area contributed by atoms with Gasteiger partial charge in [0.2, 0.25) is 0 Å². The van der Waals surface area contributed by atoms with Crippen LogP contribution in [0.4, 0.5) is 0 Å². The van der Waals surface area contributed by atoms with Crippen LogP contribution in [0.5, 0.6) is 0 Å². The smallest absolute Gasteiger partial charge is 0.0278 e. The lowest BCUT2D eigenvalue weighted by Crippen LogP contribution is -2.27. The fraction of sp³-hybridized carbons (Fsp3) is 0.583. The van der Waals surface area contributed by atoms with Gasteiger partial charge in [0.25, 0.3) is 0 Å². The third-order valence-electron chi connectivity index (χ3n) is 2.21. The van der Waals surface area contributed by atoms with E-state index in [0.717, 1.165) is 6.54 Å². The fourth-order valence-electron chi connectivity index (χ4n) is 1.28. The number of nitrogens with zero attached hydrogens (tertiary/aromatic N) is 1. The highest BCUT2D eigenvalue weighted by Crippen LogP contribution is 2.17.